The van der Waals surface area contributed by atoms with Gasteiger partial charge in [0.2, 0.25) is 5.91 Å². The Kier molecular flexibility index (Phi) is 10.5. The summed E-state index contributed by atoms with van der Waals surface area (Å²) >= 11 is 3.63. The van der Waals surface area contributed by atoms with E-state index in [1.807, 2.05) is 6.20 Å². The molecule has 0 aromatic carbocycles. The lowest BCUT2D eigenvalue weighted by Gasteiger charge is -2.33. The van der Waals surface area contributed by atoms with E-state index >= 15 is 0 Å². The first-order valence-corrected chi connectivity index (χ1v) is 15.1. The van der Waals surface area contributed by atoms with Gasteiger partial charge in [0.15, 0.2) is 0 Å². The highest BCUT2D eigenvalue weighted by atomic mass is 79.9. The van der Waals surface area contributed by atoms with Gasteiger partial charge in [0.05, 0.1) is 32.7 Å². The van der Waals surface area contributed by atoms with Crippen LogP contribution in [0.25, 0.3) is 11.0 Å². The first-order chi connectivity index (χ1) is 16.3. The van der Waals surface area contributed by atoms with E-state index in [1.165, 1.54) is 13.8 Å². The molecule has 15 heteroatoms. The van der Waals surface area contributed by atoms with Gasteiger partial charge in [-0.1, -0.05) is 0 Å². The second-order valence-electron chi connectivity index (χ2n) is 8.23. The third-order valence-electron chi connectivity index (χ3n) is 5.34. The Bertz CT molecular complexity index is 1200. The highest BCUT2D eigenvalue weighted by Crippen LogP contribution is 2.39. The molecule has 0 unspecified atom stereocenters. The number of pyridine rings is 1. The van der Waals surface area contributed by atoms with Crippen LogP contribution >= 0.6 is 15.9 Å². The van der Waals surface area contributed by atoms with E-state index in [1.54, 1.807) is 6.20 Å². The molecule has 0 bridgehead atoms. The first-order valence-electron chi connectivity index (χ1n) is 11.1. The van der Waals surface area contributed by atoms with Gasteiger partial charge in [-0.2, -0.15) is 16.8 Å². The largest absolute Gasteiger partial charge is 0.368 e. The Balaban J connectivity index is 0.000000301. The van der Waals surface area contributed by atoms with Crippen molar-refractivity contribution < 1.29 is 30.7 Å². The number of H-pyrrole nitrogens is 1. The summed E-state index contributed by atoms with van der Waals surface area (Å²) < 4.78 is 54.8. The van der Waals surface area contributed by atoms with E-state index in [-0.39, 0.29) is 29.4 Å². The van der Waals surface area contributed by atoms with Crippen LogP contribution in [-0.4, -0.2) is 72.5 Å². The van der Waals surface area contributed by atoms with Crippen LogP contribution in [0, 0.1) is 5.92 Å². The molecule has 1 saturated heterocycles. The van der Waals surface area contributed by atoms with Gasteiger partial charge in [0.25, 0.3) is 20.2 Å². The summed E-state index contributed by atoms with van der Waals surface area (Å²) in [7, 11) is -7.32. The van der Waals surface area contributed by atoms with Crippen molar-refractivity contribution in [3.05, 3.63) is 16.9 Å². The van der Waals surface area contributed by atoms with Gasteiger partial charge in [-0.05, 0) is 55.5 Å². The monoisotopic (exact) mass is 597 g/mol. The van der Waals surface area contributed by atoms with Crippen LogP contribution in [0.4, 0.5) is 11.4 Å². The van der Waals surface area contributed by atoms with Crippen molar-refractivity contribution in [1.82, 2.24) is 9.97 Å². The zero-order valence-electron chi connectivity index (χ0n) is 19.6. The van der Waals surface area contributed by atoms with Crippen LogP contribution in [0.15, 0.2) is 16.9 Å². The summed E-state index contributed by atoms with van der Waals surface area (Å²) in [5.74, 6) is -0.126. The molecule has 35 heavy (non-hydrogen) atoms. The van der Waals surface area contributed by atoms with Crippen molar-refractivity contribution >= 4 is 64.5 Å². The maximum absolute atomic E-state index is 12.2. The summed E-state index contributed by atoms with van der Waals surface area (Å²) in [6, 6.07) is 0.183. The van der Waals surface area contributed by atoms with E-state index in [0.717, 1.165) is 65.7 Å². The minimum absolute atomic E-state index is 0.104. The first kappa shape index (κ1) is 29.5. The molecule has 3 heterocycles. The quantitative estimate of drug-likeness (QED) is 0.319. The number of hydrogen-bond donors (Lipinski definition) is 5. The minimum Gasteiger partial charge on any atom is -0.368 e. The van der Waals surface area contributed by atoms with Crippen LogP contribution in [-0.2, 0) is 25.0 Å². The number of halogens is 1. The van der Waals surface area contributed by atoms with Crippen molar-refractivity contribution in [3.8, 4) is 0 Å². The normalized spacial score (nSPS) is 18.2. The molecule has 1 atom stereocenters. The number of aromatic amines is 1. The topological polar surface area (TPSA) is 196 Å². The smallest absolute Gasteiger partial charge is 0.264 e. The number of carbonyl (C=O) groups excluding carboxylic acids is 1. The molecule has 12 nitrogen and oxygen atoms in total. The Labute approximate surface area is 213 Å². The molecule has 1 amide bonds. The van der Waals surface area contributed by atoms with Gasteiger partial charge in [-0.15, -0.1) is 0 Å². The lowest BCUT2D eigenvalue weighted by molar-refractivity contribution is -0.117. The molecule has 4 rings (SSSR count). The molecular formula is C20H32BrN5O7S2. The van der Waals surface area contributed by atoms with E-state index in [0.29, 0.717) is 0 Å². The number of carbonyl (C=O) groups is 1. The summed E-state index contributed by atoms with van der Waals surface area (Å²) in [4.78, 5) is 22.0. The van der Waals surface area contributed by atoms with E-state index in [9.17, 15) is 21.6 Å². The van der Waals surface area contributed by atoms with Crippen LogP contribution in [0.5, 0.6) is 0 Å². The predicted octanol–water partition coefficient (Wildman–Crippen LogP) is 2.39. The molecule has 2 aliphatic rings. The molecule has 198 valence electrons. The van der Waals surface area contributed by atoms with Gasteiger partial charge in [-0.25, -0.2) is 4.98 Å². The summed E-state index contributed by atoms with van der Waals surface area (Å²) in [6.07, 6.45) is 7.75. The minimum atomic E-state index is -3.66. The fraction of sp³-hybridized carbons (Fsp3) is 0.600. The van der Waals surface area contributed by atoms with Crippen molar-refractivity contribution in [2.24, 2.45) is 11.7 Å². The van der Waals surface area contributed by atoms with E-state index < -0.39 is 20.2 Å². The van der Waals surface area contributed by atoms with Gasteiger partial charge in [0, 0.05) is 37.4 Å². The molecule has 1 saturated carbocycles. The number of aromatic nitrogens is 2. The molecule has 1 aliphatic carbocycles. The molecule has 2 aromatic rings. The maximum atomic E-state index is 12.2. The summed E-state index contributed by atoms with van der Waals surface area (Å²) in [5, 5.41) is 4.02. The van der Waals surface area contributed by atoms with Crippen LogP contribution < -0.4 is 16.0 Å². The number of nitrogens with two attached hydrogens (primary N) is 1. The molecule has 2 fully saturated rings. The number of nitrogens with one attached hydrogen (secondary N) is 2. The van der Waals surface area contributed by atoms with Crippen LogP contribution in [0.1, 0.15) is 39.5 Å². The fourth-order valence-corrected chi connectivity index (χ4v) is 3.81. The number of anilines is 2. The lowest BCUT2D eigenvalue weighted by atomic mass is 10.1. The summed E-state index contributed by atoms with van der Waals surface area (Å²) in [5.41, 5.74) is 8.81. The van der Waals surface area contributed by atoms with Crippen molar-refractivity contribution in [3.63, 3.8) is 0 Å². The second kappa shape index (κ2) is 12.5. The maximum Gasteiger partial charge on any atom is 0.264 e. The van der Waals surface area contributed by atoms with Crippen molar-refractivity contribution in [2.75, 3.05) is 34.8 Å². The number of hydrogen-bond acceptors (Lipinski definition) is 8. The Hall–Kier alpha value is -1.78. The standard InChI is InChI=1S/C16H20BrN5O.2C2H6O3S/c17-11-6-19-15-13(14(11)22-5-1-2-10(18)8-22)12(7-20-15)21-16(23)9-3-4-9;2*1-2-6(3,4)5/h6-7,9-10H,1-5,8,18H2,(H,19,20)(H,21,23);2*2H2,1H3,(H,3,4,5)/t10-;;/m1../s1. The average Bonchev–Trinajstić information content (AvgIpc) is 3.56. The number of rotatable bonds is 5. The Morgan fingerprint density at radius 3 is 2.26 bits per heavy atom. The fourth-order valence-electron chi connectivity index (χ4n) is 3.26. The average molecular weight is 599 g/mol. The Morgan fingerprint density at radius 1 is 1.20 bits per heavy atom. The van der Waals surface area contributed by atoms with Gasteiger partial charge < -0.3 is 20.9 Å². The van der Waals surface area contributed by atoms with E-state index in [2.05, 4.69) is 36.1 Å². The molecular weight excluding hydrogens is 566 g/mol. The van der Waals surface area contributed by atoms with Crippen molar-refractivity contribution in [2.45, 2.75) is 45.6 Å². The third kappa shape index (κ3) is 9.65. The Morgan fingerprint density at radius 2 is 1.77 bits per heavy atom. The number of piperidine rings is 1. The van der Waals surface area contributed by atoms with Crippen molar-refractivity contribution in [1.29, 1.82) is 0 Å². The highest BCUT2D eigenvalue weighted by molar-refractivity contribution is 9.10. The lowest BCUT2D eigenvalue weighted by Crippen LogP contribution is -2.43. The number of fused-ring (bicyclic) bond motifs is 1. The third-order valence-corrected chi connectivity index (χ3v) is 7.38. The molecule has 6 N–H and O–H groups in total. The molecule has 0 radical (unpaired) electrons. The van der Waals surface area contributed by atoms with Gasteiger partial charge >= 0.3 is 0 Å². The van der Waals surface area contributed by atoms with Gasteiger partial charge in [-0.3, -0.25) is 13.9 Å². The second-order valence-corrected chi connectivity index (χ2v) is 12.6. The molecule has 2 aromatic heterocycles. The zero-order chi connectivity index (χ0) is 26.4. The summed E-state index contributed by atoms with van der Waals surface area (Å²) in [6.45, 7) is 4.52. The van der Waals surface area contributed by atoms with Gasteiger partial charge in [0.1, 0.15) is 5.65 Å². The zero-order valence-corrected chi connectivity index (χ0v) is 22.8. The SMILES string of the molecule is CCS(=O)(=O)O.CCS(=O)(=O)O.N[C@@H]1CCCN(c2c(Br)cnc3[nH]cc(NC(=O)C4CC4)c23)C1. The molecule has 0 spiro atoms. The predicted molar refractivity (Wildman–Crippen MR) is 139 cm³/mol. The molecule has 1 aliphatic heterocycles. The highest BCUT2D eigenvalue weighted by Gasteiger charge is 2.31. The van der Waals surface area contributed by atoms with Crippen LogP contribution in [0.3, 0.4) is 0 Å². The van der Waals surface area contributed by atoms with Crippen LogP contribution in [0.2, 0.25) is 0 Å². The number of nitrogens with zero attached hydrogens (tertiary/aromatic N) is 2. The van der Waals surface area contributed by atoms with E-state index in [4.69, 9.17) is 14.8 Å². The number of amides is 1.